The van der Waals surface area contributed by atoms with Gasteiger partial charge in [0.05, 0.1) is 5.04 Å². The Morgan fingerprint density at radius 1 is 0.944 bits per heavy atom. The van der Waals surface area contributed by atoms with Crippen LogP contribution in [0.3, 0.4) is 0 Å². The van der Waals surface area contributed by atoms with Crippen LogP contribution in [0.15, 0.2) is 10.3 Å². The SMILES string of the molecule is CCCCCC1=Nn2c(CCCCC)nnc2[SH]1. The lowest BCUT2D eigenvalue weighted by molar-refractivity contribution is 0.651. The van der Waals surface area contributed by atoms with E-state index in [2.05, 4.69) is 29.1 Å². The van der Waals surface area contributed by atoms with Crippen LogP contribution in [0.5, 0.6) is 0 Å². The van der Waals surface area contributed by atoms with Crippen molar-refractivity contribution in [2.75, 3.05) is 0 Å². The number of aryl methyl sites for hydroxylation is 1. The van der Waals surface area contributed by atoms with Gasteiger partial charge in [-0.25, -0.2) is 0 Å². The highest BCUT2D eigenvalue weighted by molar-refractivity contribution is 8.14. The van der Waals surface area contributed by atoms with Gasteiger partial charge in [-0.3, -0.25) is 0 Å². The van der Waals surface area contributed by atoms with Gasteiger partial charge in [-0.2, -0.15) is 9.78 Å². The largest absolute Gasteiger partial charge is 0.205 e. The molecule has 0 N–H and O–H groups in total. The van der Waals surface area contributed by atoms with Gasteiger partial charge in [0, 0.05) is 6.42 Å². The second-order valence-electron chi connectivity index (χ2n) is 4.77. The molecule has 101 valence electrons. The summed E-state index contributed by atoms with van der Waals surface area (Å²) < 4.78 is 1.97. The van der Waals surface area contributed by atoms with Crippen molar-refractivity contribution in [2.45, 2.75) is 70.4 Å². The molecule has 0 aliphatic carbocycles. The van der Waals surface area contributed by atoms with Crippen molar-refractivity contribution < 1.29 is 0 Å². The van der Waals surface area contributed by atoms with Gasteiger partial charge in [-0.15, -0.1) is 22.0 Å². The van der Waals surface area contributed by atoms with Gasteiger partial charge in [0.1, 0.15) is 0 Å². The Kier molecular flexibility index (Phi) is 5.23. The first kappa shape index (κ1) is 13.6. The average molecular weight is 267 g/mol. The molecule has 4 nitrogen and oxygen atoms in total. The van der Waals surface area contributed by atoms with E-state index in [0.717, 1.165) is 23.8 Å². The van der Waals surface area contributed by atoms with Gasteiger partial charge in [0.2, 0.25) is 5.16 Å². The van der Waals surface area contributed by atoms with Crippen molar-refractivity contribution in [2.24, 2.45) is 5.10 Å². The molecule has 0 spiro atoms. The molecule has 0 bridgehead atoms. The van der Waals surface area contributed by atoms with Gasteiger partial charge in [-0.05, 0) is 19.3 Å². The normalized spacial score (nSPS) is 13.8. The Morgan fingerprint density at radius 3 is 2.39 bits per heavy atom. The molecule has 1 radical (unpaired) electrons. The molecular weight excluding hydrogens is 244 g/mol. The molecule has 2 heterocycles. The topological polar surface area (TPSA) is 43.1 Å². The third kappa shape index (κ3) is 3.34. The molecule has 1 aliphatic rings. The molecule has 0 atom stereocenters. The Labute approximate surface area is 113 Å². The monoisotopic (exact) mass is 267 g/mol. The van der Waals surface area contributed by atoms with Gasteiger partial charge >= 0.3 is 0 Å². The Morgan fingerprint density at radius 2 is 1.67 bits per heavy atom. The zero-order valence-corrected chi connectivity index (χ0v) is 12.3. The van der Waals surface area contributed by atoms with Crippen LogP contribution in [0.25, 0.3) is 0 Å². The molecule has 0 aromatic carbocycles. The van der Waals surface area contributed by atoms with Crippen molar-refractivity contribution >= 4 is 16.8 Å². The number of hydrogen-bond acceptors (Lipinski definition) is 3. The number of nitrogens with zero attached hydrogens (tertiary/aromatic N) is 4. The lowest BCUT2D eigenvalue weighted by Gasteiger charge is -1.99. The molecule has 1 aliphatic heterocycles. The maximum atomic E-state index is 4.66. The zero-order chi connectivity index (χ0) is 12.8. The van der Waals surface area contributed by atoms with Crippen LogP contribution in [0.1, 0.15) is 64.6 Å². The summed E-state index contributed by atoms with van der Waals surface area (Å²) in [5.41, 5.74) is 0. The summed E-state index contributed by atoms with van der Waals surface area (Å²) in [5.74, 6) is 1.04. The molecule has 0 saturated carbocycles. The second kappa shape index (κ2) is 6.92. The van der Waals surface area contributed by atoms with Crippen LogP contribution in [-0.2, 0) is 6.42 Å². The van der Waals surface area contributed by atoms with E-state index < -0.39 is 0 Å². The van der Waals surface area contributed by atoms with Crippen LogP contribution in [-0.4, -0.2) is 19.9 Å². The molecule has 0 fully saturated rings. The molecule has 1 aromatic heterocycles. The fraction of sp³-hybridized carbons (Fsp3) is 0.769. The predicted octanol–water partition coefficient (Wildman–Crippen LogP) is 3.59. The van der Waals surface area contributed by atoms with Crippen LogP contribution in [0, 0.1) is 0 Å². The molecular formula is C13H23N4S. The number of unbranched alkanes of at least 4 members (excludes halogenated alkanes) is 4. The summed E-state index contributed by atoms with van der Waals surface area (Å²) >= 11 is 1.17. The van der Waals surface area contributed by atoms with Crippen LogP contribution in [0.2, 0.25) is 0 Å². The van der Waals surface area contributed by atoms with Gasteiger partial charge in [0.15, 0.2) is 5.82 Å². The highest BCUT2D eigenvalue weighted by Gasteiger charge is 2.19. The minimum atomic E-state index is 1.00. The number of thiol groups is 1. The Balaban J connectivity index is 1.90. The molecule has 0 unspecified atom stereocenters. The van der Waals surface area contributed by atoms with Gasteiger partial charge < -0.3 is 0 Å². The molecule has 18 heavy (non-hydrogen) atoms. The molecule has 0 saturated heterocycles. The van der Waals surface area contributed by atoms with Crippen LogP contribution in [0.4, 0.5) is 0 Å². The first-order chi connectivity index (χ1) is 8.85. The fourth-order valence-corrected chi connectivity index (χ4v) is 3.04. The van der Waals surface area contributed by atoms with Gasteiger partial charge in [0.25, 0.3) is 0 Å². The quantitative estimate of drug-likeness (QED) is 0.578. The summed E-state index contributed by atoms with van der Waals surface area (Å²) in [7, 11) is 0. The molecule has 0 amide bonds. The lowest BCUT2D eigenvalue weighted by atomic mass is 10.2. The Bertz CT molecular complexity index is 411. The van der Waals surface area contributed by atoms with Crippen LogP contribution >= 0.6 is 11.8 Å². The first-order valence-electron chi connectivity index (χ1n) is 7.09. The van der Waals surface area contributed by atoms with E-state index in [0.29, 0.717) is 0 Å². The fourth-order valence-electron chi connectivity index (χ4n) is 2.06. The van der Waals surface area contributed by atoms with E-state index in [1.807, 2.05) is 4.68 Å². The Hall–Kier alpha value is -0.840. The lowest BCUT2D eigenvalue weighted by Crippen LogP contribution is -1.98. The third-order valence-corrected chi connectivity index (χ3v) is 4.19. The van der Waals surface area contributed by atoms with E-state index >= 15 is 0 Å². The van der Waals surface area contributed by atoms with E-state index in [1.165, 1.54) is 55.3 Å². The minimum Gasteiger partial charge on any atom is -0.191 e. The van der Waals surface area contributed by atoms with E-state index in [4.69, 9.17) is 0 Å². The standard InChI is InChI=1S/C13H23N4S/c1-3-5-7-9-11-14-15-13-17(11)16-12(18-13)10-8-6-4-2/h18H,3-10H2,1-2H3. The second-order valence-corrected chi connectivity index (χ2v) is 5.91. The molecule has 2 rings (SSSR count). The zero-order valence-electron chi connectivity index (χ0n) is 11.4. The van der Waals surface area contributed by atoms with Gasteiger partial charge in [-0.1, -0.05) is 39.5 Å². The van der Waals surface area contributed by atoms with Crippen molar-refractivity contribution in [1.82, 2.24) is 14.9 Å². The van der Waals surface area contributed by atoms with Crippen LogP contribution < -0.4 is 0 Å². The maximum Gasteiger partial charge on any atom is 0.205 e. The highest BCUT2D eigenvalue weighted by atomic mass is 32.2. The third-order valence-electron chi connectivity index (χ3n) is 3.14. The summed E-state index contributed by atoms with van der Waals surface area (Å²) in [6.45, 7) is 4.45. The summed E-state index contributed by atoms with van der Waals surface area (Å²) in [5, 5.41) is 15.4. The summed E-state index contributed by atoms with van der Waals surface area (Å²) in [6, 6.07) is 0. The maximum absolute atomic E-state index is 4.66. The number of fused-ring (bicyclic) bond motifs is 1. The average Bonchev–Trinajstić information content (AvgIpc) is 2.91. The van der Waals surface area contributed by atoms with Crippen molar-refractivity contribution in [3.8, 4) is 0 Å². The number of rotatable bonds is 8. The minimum absolute atomic E-state index is 1.00. The summed E-state index contributed by atoms with van der Waals surface area (Å²) in [4.78, 5) is 0. The van der Waals surface area contributed by atoms with Crippen molar-refractivity contribution in [3.05, 3.63) is 5.82 Å². The summed E-state index contributed by atoms with van der Waals surface area (Å²) in [6.07, 6.45) is 9.59. The van der Waals surface area contributed by atoms with E-state index in [1.54, 1.807) is 0 Å². The number of hydrogen-bond donors (Lipinski definition) is 1. The van der Waals surface area contributed by atoms with E-state index in [-0.39, 0.29) is 0 Å². The number of aromatic nitrogens is 3. The highest BCUT2D eigenvalue weighted by Crippen LogP contribution is 2.28. The van der Waals surface area contributed by atoms with Crippen molar-refractivity contribution in [1.29, 1.82) is 0 Å². The molecule has 5 heteroatoms. The molecule has 1 aromatic rings. The van der Waals surface area contributed by atoms with Crippen molar-refractivity contribution in [3.63, 3.8) is 0 Å². The van der Waals surface area contributed by atoms with E-state index in [9.17, 15) is 0 Å². The predicted molar refractivity (Wildman–Crippen MR) is 77.5 cm³/mol. The smallest absolute Gasteiger partial charge is 0.191 e. The first-order valence-corrected chi connectivity index (χ1v) is 7.98.